The zero-order valence-electron chi connectivity index (χ0n) is 11.4. The van der Waals surface area contributed by atoms with Gasteiger partial charge in [-0.1, -0.05) is 42.5 Å². The van der Waals surface area contributed by atoms with E-state index >= 15 is 0 Å². The van der Waals surface area contributed by atoms with Crippen molar-refractivity contribution in [3.63, 3.8) is 0 Å². The number of nitrogens with zero attached hydrogens (tertiary/aromatic N) is 2. The Balaban J connectivity index is 2.02. The van der Waals surface area contributed by atoms with E-state index < -0.39 is 4.92 Å². The average Bonchev–Trinajstić information content (AvgIpc) is 2.53. The van der Waals surface area contributed by atoms with Crippen molar-refractivity contribution in [1.29, 1.82) is 0 Å². The van der Waals surface area contributed by atoms with Crippen molar-refractivity contribution in [2.75, 3.05) is 6.61 Å². The number of nitro benzene ring substituents is 1. The van der Waals surface area contributed by atoms with Crippen molar-refractivity contribution in [3.8, 4) is 0 Å². The summed E-state index contributed by atoms with van der Waals surface area (Å²) >= 11 is 0. The van der Waals surface area contributed by atoms with E-state index in [2.05, 4.69) is 4.99 Å². The minimum atomic E-state index is -0.430. The minimum Gasteiger partial charge on any atom is -0.394 e. The molecule has 0 radical (unpaired) electrons. The molecule has 0 heterocycles. The van der Waals surface area contributed by atoms with E-state index in [1.807, 2.05) is 30.3 Å². The second-order valence-electron chi connectivity index (χ2n) is 4.65. The molecule has 2 aromatic rings. The summed E-state index contributed by atoms with van der Waals surface area (Å²) in [4.78, 5) is 14.5. The highest BCUT2D eigenvalue weighted by Crippen LogP contribution is 2.14. The van der Waals surface area contributed by atoms with Crippen molar-refractivity contribution in [1.82, 2.24) is 0 Å². The van der Waals surface area contributed by atoms with Crippen molar-refractivity contribution in [3.05, 3.63) is 75.8 Å². The first-order valence-corrected chi connectivity index (χ1v) is 6.61. The minimum absolute atomic E-state index is 0.0621. The lowest BCUT2D eigenvalue weighted by Crippen LogP contribution is -2.14. The summed E-state index contributed by atoms with van der Waals surface area (Å²) in [6, 6.07) is 15.7. The highest BCUT2D eigenvalue weighted by molar-refractivity contribution is 5.79. The SMILES string of the molecule is O=[N+]([O-])c1ccc(CC(CO)N=Cc2ccccc2)cc1. The molecule has 0 aromatic heterocycles. The molecule has 0 saturated heterocycles. The molecular formula is C16H16N2O3. The van der Waals surface area contributed by atoms with E-state index in [4.69, 9.17) is 0 Å². The number of hydrogen-bond donors (Lipinski definition) is 1. The second-order valence-corrected chi connectivity index (χ2v) is 4.65. The van der Waals surface area contributed by atoms with E-state index in [1.54, 1.807) is 18.3 Å². The van der Waals surface area contributed by atoms with Gasteiger partial charge in [-0.3, -0.25) is 15.1 Å². The molecule has 1 atom stereocenters. The summed E-state index contributed by atoms with van der Waals surface area (Å²) in [5, 5.41) is 20.0. The Kier molecular flexibility index (Phi) is 5.17. The quantitative estimate of drug-likeness (QED) is 0.503. The normalized spacial score (nSPS) is 12.4. The Morgan fingerprint density at radius 2 is 1.81 bits per heavy atom. The summed E-state index contributed by atoms with van der Waals surface area (Å²) in [6.07, 6.45) is 2.27. The summed E-state index contributed by atoms with van der Waals surface area (Å²) in [5.41, 5.74) is 1.94. The topological polar surface area (TPSA) is 75.7 Å². The number of non-ortho nitro benzene ring substituents is 1. The maximum atomic E-state index is 10.6. The van der Waals surface area contributed by atoms with E-state index in [0.29, 0.717) is 6.42 Å². The van der Waals surface area contributed by atoms with Gasteiger partial charge in [0.25, 0.3) is 5.69 Å². The fourth-order valence-corrected chi connectivity index (χ4v) is 1.92. The van der Waals surface area contributed by atoms with Crippen molar-refractivity contribution >= 4 is 11.9 Å². The predicted molar refractivity (Wildman–Crippen MR) is 81.7 cm³/mol. The van der Waals surface area contributed by atoms with E-state index in [9.17, 15) is 15.2 Å². The number of rotatable bonds is 6. The third-order valence-corrected chi connectivity index (χ3v) is 3.06. The van der Waals surface area contributed by atoms with Crippen molar-refractivity contribution in [2.24, 2.45) is 4.99 Å². The Morgan fingerprint density at radius 1 is 1.14 bits per heavy atom. The molecule has 0 spiro atoms. The third kappa shape index (κ3) is 4.50. The Morgan fingerprint density at radius 3 is 2.38 bits per heavy atom. The smallest absolute Gasteiger partial charge is 0.269 e. The van der Waals surface area contributed by atoms with Gasteiger partial charge in [0.15, 0.2) is 0 Å². The van der Waals surface area contributed by atoms with Crippen LogP contribution in [0.25, 0.3) is 0 Å². The molecule has 2 aromatic carbocycles. The molecular weight excluding hydrogens is 268 g/mol. The molecule has 0 fully saturated rings. The first-order chi connectivity index (χ1) is 10.2. The molecule has 5 nitrogen and oxygen atoms in total. The van der Waals surface area contributed by atoms with Gasteiger partial charge in [-0.05, 0) is 17.5 Å². The first-order valence-electron chi connectivity index (χ1n) is 6.61. The van der Waals surface area contributed by atoms with Gasteiger partial charge in [0.2, 0.25) is 0 Å². The van der Waals surface area contributed by atoms with E-state index in [0.717, 1.165) is 11.1 Å². The van der Waals surface area contributed by atoms with Crippen LogP contribution in [0.5, 0.6) is 0 Å². The van der Waals surface area contributed by atoms with Crippen LogP contribution in [0, 0.1) is 10.1 Å². The summed E-state index contributed by atoms with van der Waals surface area (Å²) < 4.78 is 0. The summed E-state index contributed by atoms with van der Waals surface area (Å²) in [7, 11) is 0. The van der Waals surface area contributed by atoms with Gasteiger partial charge in [0.05, 0.1) is 17.6 Å². The zero-order chi connectivity index (χ0) is 15.1. The summed E-state index contributed by atoms with van der Waals surface area (Å²) in [5.74, 6) is 0. The number of nitro groups is 1. The van der Waals surface area contributed by atoms with Gasteiger partial charge in [0.1, 0.15) is 0 Å². The highest BCUT2D eigenvalue weighted by Gasteiger charge is 2.08. The van der Waals surface area contributed by atoms with Crippen LogP contribution < -0.4 is 0 Å². The van der Waals surface area contributed by atoms with Crippen LogP contribution >= 0.6 is 0 Å². The first kappa shape index (κ1) is 14.9. The molecule has 0 aliphatic heterocycles. The van der Waals surface area contributed by atoms with Crippen LogP contribution in [0.2, 0.25) is 0 Å². The van der Waals surface area contributed by atoms with Crippen molar-refractivity contribution < 1.29 is 10.0 Å². The molecule has 5 heteroatoms. The van der Waals surface area contributed by atoms with Gasteiger partial charge in [-0.25, -0.2) is 0 Å². The monoisotopic (exact) mass is 284 g/mol. The van der Waals surface area contributed by atoms with Crippen LogP contribution in [-0.2, 0) is 6.42 Å². The molecule has 2 rings (SSSR count). The standard InChI is InChI=1S/C16H16N2O3/c19-12-15(17-11-14-4-2-1-3-5-14)10-13-6-8-16(9-7-13)18(20)21/h1-9,11,15,19H,10,12H2. The predicted octanol–water partition coefficient (Wildman–Crippen LogP) is 2.62. The zero-order valence-corrected chi connectivity index (χ0v) is 11.4. The molecule has 1 unspecified atom stereocenters. The van der Waals surface area contributed by atoms with Gasteiger partial charge in [-0.15, -0.1) is 0 Å². The van der Waals surface area contributed by atoms with Crippen LogP contribution in [0.1, 0.15) is 11.1 Å². The Labute approximate surface area is 122 Å². The van der Waals surface area contributed by atoms with Crippen LogP contribution in [0.4, 0.5) is 5.69 Å². The number of aliphatic hydroxyl groups excluding tert-OH is 1. The third-order valence-electron chi connectivity index (χ3n) is 3.06. The average molecular weight is 284 g/mol. The lowest BCUT2D eigenvalue weighted by atomic mass is 10.1. The molecule has 1 N–H and O–H groups in total. The molecule has 0 amide bonds. The number of benzene rings is 2. The van der Waals surface area contributed by atoms with Crippen molar-refractivity contribution in [2.45, 2.75) is 12.5 Å². The summed E-state index contributed by atoms with van der Waals surface area (Å²) in [6.45, 7) is -0.0691. The fraction of sp³-hybridized carbons (Fsp3) is 0.188. The Bertz CT molecular complexity index is 609. The lowest BCUT2D eigenvalue weighted by molar-refractivity contribution is -0.384. The van der Waals surface area contributed by atoms with E-state index in [-0.39, 0.29) is 18.3 Å². The van der Waals surface area contributed by atoms with Crippen LogP contribution in [0.15, 0.2) is 59.6 Å². The molecule has 0 bridgehead atoms. The van der Waals surface area contributed by atoms with E-state index in [1.165, 1.54) is 12.1 Å². The fourth-order valence-electron chi connectivity index (χ4n) is 1.92. The van der Waals surface area contributed by atoms with Crippen LogP contribution in [0.3, 0.4) is 0 Å². The molecule has 21 heavy (non-hydrogen) atoms. The van der Waals surface area contributed by atoms with Gasteiger partial charge in [-0.2, -0.15) is 0 Å². The highest BCUT2D eigenvalue weighted by atomic mass is 16.6. The number of hydrogen-bond acceptors (Lipinski definition) is 4. The molecule has 0 aliphatic carbocycles. The molecule has 0 aliphatic rings. The lowest BCUT2D eigenvalue weighted by Gasteiger charge is -2.09. The van der Waals surface area contributed by atoms with Gasteiger partial charge < -0.3 is 5.11 Å². The maximum absolute atomic E-state index is 10.6. The molecule has 108 valence electrons. The van der Waals surface area contributed by atoms with Crippen LogP contribution in [-0.4, -0.2) is 28.9 Å². The maximum Gasteiger partial charge on any atom is 0.269 e. The Hall–Kier alpha value is -2.53. The second kappa shape index (κ2) is 7.31. The largest absolute Gasteiger partial charge is 0.394 e. The van der Waals surface area contributed by atoms with Gasteiger partial charge in [0, 0.05) is 18.3 Å². The molecule has 0 saturated carbocycles. The number of aliphatic imine (C=N–C) groups is 1. The number of aliphatic hydroxyl groups is 1. The van der Waals surface area contributed by atoms with Gasteiger partial charge >= 0.3 is 0 Å².